The number of carbonyl (C=O) groups excluding carboxylic acids is 1. The Balaban J connectivity index is 1.18. The van der Waals surface area contributed by atoms with Crippen molar-refractivity contribution in [2.45, 2.75) is 12.2 Å². The highest BCUT2D eigenvalue weighted by molar-refractivity contribution is 7.22. The number of thiazole rings is 1. The lowest BCUT2D eigenvalue weighted by atomic mass is 10.2. The Labute approximate surface area is 158 Å². The first kappa shape index (κ1) is 16.3. The van der Waals surface area contributed by atoms with Gasteiger partial charge in [-0.05, 0) is 30.3 Å². The van der Waals surface area contributed by atoms with Gasteiger partial charge < -0.3 is 19.1 Å². The topological polar surface area (TPSA) is 60.9 Å². The van der Waals surface area contributed by atoms with Crippen LogP contribution >= 0.6 is 11.3 Å². The number of ether oxygens (including phenoxy) is 3. The Hall–Kier alpha value is -2.87. The van der Waals surface area contributed by atoms with Crippen LogP contribution in [0.15, 0.2) is 42.5 Å². The van der Waals surface area contributed by atoms with E-state index in [1.54, 1.807) is 18.2 Å². The molecule has 0 radical (unpaired) electrons. The van der Waals surface area contributed by atoms with E-state index >= 15 is 0 Å². The van der Waals surface area contributed by atoms with Crippen LogP contribution in [0.4, 0.5) is 9.52 Å². The van der Waals surface area contributed by atoms with Gasteiger partial charge in [0.25, 0.3) is 0 Å². The molecule has 8 heteroatoms. The highest BCUT2D eigenvalue weighted by Crippen LogP contribution is 2.33. The first-order chi connectivity index (χ1) is 13.2. The SMILES string of the molecule is O=C(OC1CN(c2nc3ccc(F)cc3s2)C1)[C@H]1COc2ccccc2O1. The van der Waals surface area contributed by atoms with Gasteiger partial charge in [-0.25, -0.2) is 14.2 Å². The number of benzene rings is 2. The molecule has 1 atom stereocenters. The number of aromatic nitrogens is 1. The van der Waals surface area contributed by atoms with Gasteiger partial charge in [0.05, 0.1) is 23.3 Å². The molecule has 2 aliphatic heterocycles. The summed E-state index contributed by atoms with van der Waals surface area (Å²) < 4.78 is 30.8. The number of halogens is 1. The number of esters is 1. The molecule has 0 unspecified atom stereocenters. The second-order valence-corrected chi connectivity index (χ2v) is 7.45. The molecule has 2 aliphatic rings. The molecule has 0 aliphatic carbocycles. The van der Waals surface area contributed by atoms with E-state index in [0.29, 0.717) is 24.6 Å². The first-order valence-corrected chi connectivity index (χ1v) is 9.37. The Bertz CT molecular complexity index is 1020. The molecular weight excluding hydrogens is 371 g/mol. The van der Waals surface area contributed by atoms with E-state index in [2.05, 4.69) is 4.98 Å². The molecule has 138 valence electrons. The Morgan fingerprint density at radius 2 is 2.04 bits per heavy atom. The summed E-state index contributed by atoms with van der Waals surface area (Å²) in [6.45, 7) is 1.24. The number of carbonyl (C=O) groups is 1. The standard InChI is InChI=1S/C19H15FN2O4S/c20-11-5-6-13-17(7-11)27-19(21-13)22-8-12(9-22)25-18(23)16-10-24-14-3-1-2-4-15(14)26-16/h1-7,12,16H,8-10H2/t16-/m1/s1. The summed E-state index contributed by atoms with van der Waals surface area (Å²) in [5.41, 5.74) is 0.767. The van der Waals surface area contributed by atoms with Crippen molar-refractivity contribution in [2.24, 2.45) is 0 Å². The van der Waals surface area contributed by atoms with E-state index in [4.69, 9.17) is 14.2 Å². The second kappa shape index (κ2) is 6.38. The highest BCUT2D eigenvalue weighted by Gasteiger charge is 2.36. The average molecular weight is 386 g/mol. The van der Waals surface area contributed by atoms with Crippen LogP contribution < -0.4 is 14.4 Å². The maximum atomic E-state index is 13.3. The van der Waals surface area contributed by atoms with Crippen molar-refractivity contribution in [1.29, 1.82) is 0 Å². The number of hydrogen-bond acceptors (Lipinski definition) is 7. The van der Waals surface area contributed by atoms with Crippen molar-refractivity contribution in [1.82, 2.24) is 4.98 Å². The third-order valence-electron chi connectivity index (χ3n) is 4.51. The lowest BCUT2D eigenvalue weighted by Gasteiger charge is -2.38. The molecule has 1 fully saturated rings. The van der Waals surface area contributed by atoms with Crippen molar-refractivity contribution >= 4 is 32.7 Å². The third-order valence-corrected chi connectivity index (χ3v) is 5.59. The van der Waals surface area contributed by atoms with Crippen LogP contribution in [0.3, 0.4) is 0 Å². The zero-order valence-electron chi connectivity index (χ0n) is 14.1. The van der Waals surface area contributed by atoms with Crippen molar-refractivity contribution in [3.63, 3.8) is 0 Å². The van der Waals surface area contributed by atoms with E-state index in [0.717, 1.165) is 15.3 Å². The lowest BCUT2D eigenvalue weighted by molar-refractivity contribution is -0.161. The molecule has 3 heterocycles. The molecule has 0 bridgehead atoms. The molecule has 1 aromatic heterocycles. The van der Waals surface area contributed by atoms with Crippen LogP contribution in [0.5, 0.6) is 11.5 Å². The van der Waals surface area contributed by atoms with Crippen LogP contribution in [0.1, 0.15) is 0 Å². The molecule has 3 aromatic rings. The minimum Gasteiger partial charge on any atom is -0.485 e. The van der Waals surface area contributed by atoms with E-state index in [9.17, 15) is 9.18 Å². The summed E-state index contributed by atoms with van der Waals surface area (Å²) in [6.07, 6.45) is -0.985. The smallest absolute Gasteiger partial charge is 0.351 e. The van der Waals surface area contributed by atoms with Crippen LogP contribution in [0, 0.1) is 5.82 Å². The normalized spacial score (nSPS) is 19.0. The Kier molecular flexibility index (Phi) is 3.86. The molecule has 0 N–H and O–H groups in total. The number of anilines is 1. The summed E-state index contributed by atoms with van der Waals surface area (Å²) in [7, 11) is 0. The van der Waals surface area contributed by atoms with Gasteiger partial charge >= 0.3 is 5.97 Å². The predicted molar refractivity (Wildman–Crippen MR) is 98.0 cm³/mol. The van der Waals surface area contributed by atoms with Crippen LogP contribution in [-0.2, 0) is 9.53 Å². The zero-order chi connectivity index (χ0) is 18.4. The van der Waals surface area contributed by atoms with E-state index < -0.39 is 12.1 Å². The van der Waals surface area contributed by atoms with Crippen LogP contribution in [-0.4, -0.2) is 42.9 Å². The highest BCUT2D eigenvalue weighted by atomic mass is 32.1. The number of fused-ring (bicyclic) bond motifs is 2. The summed E-state index contributed by atoms with van der Waals surface area (Å²) in [5.74, 6) is 0.469. The zero-order valence-corrected chi connectivity index (χ0v) is 14.9. The summed E-state index contributed by atoms with van der Waals surface area (Å²) in [5, 5.41) is 0.800. The molecule has 0 amide bonds. The maximum Gasteiger partial charge on any atom is 0.351 e. The Morgan fingerprint density at radius 3 is 2.89 bits per heavy atom. The molecule has 0 spiro atoms. The van der Waals surface area contributed by atoms with Gasteiger partial charge in [-0.1, -0.05) is 23.5 Å². The second-order valence-electron chi connectivity index (χ2n) is 6.44. The van der Waals surface area contributed by atoms with Crippen molar-refractivity contribution in [2.75, 3.05) is 24.6 Å². The van der Waals surface area contributed by atoms with Gasteiger partial charge in [-0.2, -0.15) is 0 Å². The van der Waals surface area contributed by atoms with Crippen molar-refractivity contribution in [3.8, 4) is 11.5 Å². The monoisotopic (exact) mass is 386 g/mol. The molecule has 5 rings (SSSR count). The summed E-state index contributed by atoms with van der Waals surface area (Å²) in [6, 6.07) is 11.8. The quantitative estimate of drug-likeness (QED) is 0.645. The minimum absolute atomic E-state index is 0.135. The lowest BCUT2D eigenvalue weighted by Crippen LogP contribution is -2.54. The van der Waals surface area contributed by atoms with Crippen molar-refractivity contribution in [3.05, 3.63) is 48.3 Å². The summed E-state index contributed by atoms with van der Waals surface area (Å²) >= 11 is 1.43. The predicted octanol–water partition coefficient (Wildman–Crippen LogP) is 3.01. The number of hydrogen-bond donors (Lipinski definition) is 0. The van der Waals surface area contributed by atoms with Gasteiger partial charge in [0.1, 0.15) is 18.5 Å². The summed E-state index contributed by atoms with van der Waals surface area (Å²) in [4.78, 5) is 18.8. The van der Waals surface area contributed by atoms with E-state index in [-0.39, 0.29) is 18.5 Å². The van der Waals surface area contributed by atoms with Gasteiger partial charge in [0.2, 0.25) is 6.10 Å². The van der Waals surface area contributed by atoms with Crippen molar-refractivity contribution < 1.29 is 23.4 Å². The molecule has 0 saturated carbocycles. The fraction of sp³-hybridized carbons (Fsp3) is 0.263. The third kappa shape index (κ3) is 3.06. The van der Waals surface area contributed by atoms with Gasteiger partial charge in [-0.15, -0.1) is 0 Å². The fourth-order valence-electron chi connectivity index (χ4n) is 3.07. The maximum absolute atomic E-state index is 13.3. The first-order valence-electron chi connectivity index (χ1n) is 8.56. The number of nitrogens with zero attached hydrogens (tertiary/aromatic N) is 2. The molecule has 6 nitrogen and oxygen atoms in total. The number of rotatable bonds is 3. The Morgan fingerprint density at radius 1 is 1.22 bits per heavy atom. The fourth-order valence-corrected chi connectivity index (χ4v) is 4.07. The van der Waals surface area contributed by atoms with Gasteiger partial charge in [0, 0.05) is 0 Å². The minimum atomic E-state index is -0.764. The average Bonchev–Trinajstić information content (AvgIpc) is 3.06. The molecule has 1 saturated heterocycles. The van der Waals surface area contributed by atoms with Gasteiger partial charge in [0.15, 0.2) is 16.6 Å². The van der Waals surface area contributed by atoms with E-state index in [1.165, 1.54) is 23.5 Å². The van der Waals surface area contributed by atoms with Gasteiger partial charge in [-0.3, -0.25) is 0 Å². The molecule has 2 aromatic carbocycles. The molecular formula is C19H15FN2O4S. The molecule has 27 heavy (non-hydrogen) atoms. The van der Waals surface area contributed by atoms with Crippen LogP contribution in [0.25, 0.3) is 10.2 Å². The van der Waals surface area contributed by atoms with E-state index in [1.807, 2.05) is 17.0 Å². The largest absolute Gasteiger partial charge is 0.485 e. The number of para-hydroxylation sites is 2. The van der Waals surface area contributed by atoms with Crippen LogP contribution in [0.2, 0.25) is 0 Å².